The van der Waals surface area contributed by atoms with Crippen molar-refractivity contribution in [2.75, 3.05) is 5.75 Å². The second kappa shape index (κ2) is 5.87. The Bertz CT molecular complexity index is 560. The lowest BCUT2D eigenvalue weighted by Gasteiger charge is -2.26. The van der Waals surface area contributed by atoms with Crippen LogP contribution in [0.25, 0.3) is 0 Å². The first kappa shape index (κ1) is 14.9. The van der Waals surface area contributed by atoms with Gasteiger partial charge in [-0.05, 0) is 30.9 Å². The summed E-state index contributed by atoms with van der Waals surface area (Å²) >= 11 is 3.36. The van der Waals surface area contributed by atoms with Crippen LogP contribution in [0.4, 0.5) is 8.78 Å². The molecule has 0 aliphatic carbocycles. The summed E-state index contributed by atoms with van der Waals surface area (Å²) in [6.45, 7) is 0. The maximum Gasteiger partial charge on any atom is 0.154 e. The Hall–Kier alpha value is -0.490. The van der Waals surface area contributed by atoms with Gasteiger partial charge in [0.1, 0.15) is 11.6 Å². The van der Waals surface area contributed by atoms with Crippen LogP contribution in [-0.2, 0) is 16.3 Å². The standard InChI is InChI=1S/C13H15BrF2O2S/c14-11(13-3-1-2-6-19(13,17)18)7-9-4-5-10(15)8-12(9)16/h4-5,8,11,13H,1-3,6-7H2. The molecule has 1 heterocycles. The van der Waals surface area contributed by atoms with Gasteiger partial charge in [0.15, 0.2) is 9.84 Å². The second-order valence-electron chi connectivity index (χ2n) is 4.86. The summed E-state index contributed by atoms with van der Waals surface area (Å²) in [7, 11) is -3.11. The average Bonchev–Trinajstić information content (AvgIpc) is 2.32. The molecule has 1 aromatic carbocycles. The van der Waals surface area contributed by atoms with Crippen LogP contribution in [-0.4, -0.2) is 24.2 Å². The minimum Gasteiger partial charge on any atom is -0.229 e. The Balaban J connectivity index is 2.14. The Labute approximate surface area is 120 Å². The van der Waals surface area contributed by atoms with Gasteiger partial charge in [-0.1, -0.05) is 28.4 Å². The molecule has 1 fully saturated rings. The van der Waals surface area contributed by atoms with Gasteiger partial charge in [0.05, 0.1) is 11.0 Å². The molecule has 2 unspecified atom stereocenters. The topological polar surface area (TPSA) is 34.1 Å². The van der Waals surface area contributed by atoms with Gasteiger partial charge in [-0.15, -0.1) is 0 Å². The van der Waals surface area contributed by atoms with Crippen molar-refractivity contribution in [2.24, 2.45) is 0 Å². The van der Waals surface area contributed by atoms with Crippen LogP contribution in [0.2, 0.25) is 0 Å². The third-order valence-electron chi connectivity index (χ3n) is 3.46. The molecule has 2 atom stereocenters. The zero-order valence-electron chi connectivity index (χ0n) is 10.3. The monoisotopic (exact) mass is 352 g/mol. The SMILES string of the molecule is O=S1(=O)CCCCC1C(Br)Cc1ccc(F)cc1F. The Morgan fingerprint density at radius 3 is 2.68 bits per heavy atom. The van der Waals surface area contributed by atoms with Gasteiger partial charge >= 0.3 is 0 Å². The van der Waals surface area contributed by atoms with Gasteiger partial charge in [0.25, 0.3) is 0 Å². The van der Waals surface area contributed by atoms with Gasteiger partial charge in [0, 0.05) is 10.9 Å². The molecular weight excluding hydrogens is 338 g/mol. The van der Waals surface area contributed by atoms with E-state index in [1.807, 2.05) is 0 Å². The third-order valence-corrected chi connectivity index (χ3v) is 7.12. The van der Waals surface area contributed by atoms with E-state index < -0.39 is 26.7 Å². The summed E-state index contributed by atoms with van der Waals surface area (Å²) in [6, 6.07) is 3.38. The number of hydrogen-bond donors (Lipinski definition) is 0. The summed E-state index contributed by atoms with van der Waals surface area (Å²) in [6.07, 6.45) is 2.42. The predicted molar refractivity (Wildman–Crippen MR) is 74.2 cm³/mol. The first-order valence-corrected chi connectivity index (χ1v) is 8.83. The van der Waals surface area contributed by atoms with Crippen LogP contribution < -0.4 is 0 Å². The van der Waals surface area contributed by atoms with E-state index in [-0.39, 0.29) is 17.0 Å². The number of benzene rings is 1. The molecule has 0 radical (unpaired) electrons. The average molecular weight is 353 g/mol. The highest BCUT2D eigenvalue weighted by atomic mass is 79.9. The van der Waals surface area contributed by atoms with E-state index in [0.29, 0.717) is 18.4 Å². The number of rotatable bonds is 3. The first-order chi connectivity index (χ1) is 8.90. The molecule has 0 spiro atoms. The highest BCUT2D eigenvalue weighted by molar-refractivity contribution is 9.09. The molecule has 1 aliphatic heterocycles. The lowest BCUT2D eigenvalue weighted by Crippen LogP contribution is -2.36. The quantitative estimate of drug-likeness (QED) is 0.782. The maximum absolute atomic E-state index is 13.6. The van der Waals surface area contributed by atoms with E-state index in [4.69, 9.17) is 0 Å². The van der Waals surface area contributed by atoms with E-state index in [2.05, 4.69) is 15.9 Å². The summed E-state index contributed by atoms with van der Waals surface area (Å²) in [5.41, 5.74) is 0.337. The smallest absolute Gasteiger partial charge is 0.154 e. The number of sulfone groups is 1. The van der Waals surface area contributed by atoms with Crippen LogP contribution in [0.15, 0.2) is 18.2 Å². The fourth-order valence-electron chi connectivity index (χ4n) is 2.41. The van der Waals surface area contributed by atoms with Crippen molar-refractivity contribution in [3.05, 3.63) is 35.4 Å². The van der Waals surface area contributed by atoms with E-state index in [0.717, 1.165) is 12.5 Å². The van der Waals surface area contributed by atoms with Gasteiger partial charge in [-0.25, -0.2) is 17.2 Å². The largest absolute Gasteiger partial charge is 0.229 e. The van der Waals surface area contributed by atoms with Gasteiger partial charge in [0.2, 0.25) is 0 Å². The first-order valence-electron chi connectivity index (χ1n) is 6.20. The molecule has 1 saturated heterocycles. The molecule has 1 aliphatic rings. The molecule has 2 nitrogen and oxygen atoms in total. The summed E-state index contributed by atoms with van der Waals surface area (Å²) < 4.78 is 50.3. The van der Waals surface area contributed by atoms with E-state index in [9.17, 15) is 17.2 Å². The molecule has 19 heavy (non-hydrogen) atoms. The minimum atomic E-state index is -3.11. The molecule has 0 N–H and O–H groups in total. The highest BCUT2D eigenvalue weighted by Gasteiger charge is 2.34. The van der Waals surface area contributed by atoms with Gasteiger partial charge in [-0.2, -0.15) is 0 Å². The Kier molecular flexibility index (Phi) is 4.61. The van der Waals surface area contributed by atoms with Crippen LogP contribution in [0, 0.1) is 11.6 Å². The molecular formula is C13H15BrF2O2S. The van der Waals surface area contributed by atoms with Crippen LogP contribution in [0.5, 0.6) is 0 Å². The number of hydrogen-bond acceptors (Lipinski definition) is 2. The fraction of sp³-hybridized carbons (Fsp3) is 0.538. The normalized spacial score (nSPS) is 24.1. The zero-order chi connectivity index (χ0) is 14.0. The highest BCUT2D eigenvalue weighted by Crippen LogP contribution is 2.29. The van der Waals surface area contributed by atoms with Crippen molar-refractivity contribution >= 4 is 25.8 Å². The van der Waals surface area contributed by atoms with Crippen molar-refractivity contribution in [1.82, 2.24) is 0 Å². The minimum absolute atomic E-state index is 0.200. The Morgan fingerprint density at radius 2 is 2.05 bits per heavy atom. The van der Waals surface area contributed by atoms with E-state index >= 15 is 0 Å². The Morgan fingerprint density at radius 1 is 1.32 bits per heavy atom. The lowest BCUT2D eigenvalue weighted by molar-refractivity contribution is 0.527. The second-order valence-corrected chi connectivity index (χ2v) is 8.37. The third kappa shape index (κ3) is 3.54. The van der Waals surface area contributed by atoms with Crippen LogP contribution >= 0.6 is 15.9 Å². The number of alkyl halides is 1. The molecule has 106 valence electrons. The van der Waals surface area contributed by atoms with Gasteiger partial charge in [-0.3, -0.25) is 0 Å². The maximum atomic E-state index is 13.6. The molecule has 2 rings (SSSR count). The van der Waals surface area contributed by atoms with Crippen molar-refractivity contribution in [2.45, 2.75) is 35.8 Å². The molecule has 6 heteroatoms. The number of halogens is 3. The fourth-order valence-corrected chi connectivity index (χ4v) is 6.00. The molecule has 0 aromatic heterocycles. The molecule has 0 amide bonds. The molecule has 1 aromatic rings. The molecule has 0 bridgehead atoms. The van der Waals surface area contributed by atoms with Crippen molar-refractivity contribution in [1.29, 1.82) is 0 Å². The van der Waals surface area contributed by atoms with Gasteiger partial charge < -0.3 is 0 Å². The van der Waals surface area contributed by atoms with Crippen molar-refractivity contribution < 1.29 is 17.2 Å². The van der Waals surface area contributed by atoms with Crippen molar-refractivity contribution in [3.63, 3.8) is 0 Å². The predicted octanol–water partition coefficient (Wildman–Crippen LogP) is 3.24. The van der Waals surface area contributed by atoms with E-state index in [1.54, 1.807) is 0 Å². The lowest BCUT2D eigenvalue weighted by atomic mass is 10.0. The molecule has 0 saturated carbocycles. The summed E-state index contributed by atoms with van der Waals surface area (Å²) in [5.74, 6) is -1.05. The summed E-state index contributed by atoms with van der Waals surface area (Å²) in [4.78, 5) is -0.335. The van der Waals surface area contributed by atoms with E-state index in [1.165, 1.54) is 12.1 Å². The van der Waals surface area contributed by atoms with Crippen molar-refractivity contribution in [3.8, 4) is 0 Å². The van der Waals surface area contributed by atoms with Crippen LogP contribution in [0.3, 0.4) is 0 Å². The zero-order valence-corrected chi connectivity index (χ0v) is 12.7. The summed E-state index contributed by atoms with van der Waals surface area (Å²) in [5, 5.41) is -0.481. The van der Waals surface area contributed by atoms with Crippen LogP contribution in [0.1, 0.15) is 24.8 Å².